The van der Waals surface area contributed by atoms with Crippen LogP contribution < -0.4 is 5.32 Å². The number of benzene rings is 1. The number of fused-ring (bicyclic) bond motifs is 1. The minimum absolute atomic E-state index is 0.440. The van der Waals surface area contributed by atoms with Gasteiger partial charge in [0.2, 0.25) is 10.0 Å². The van der Waals surface area contributed by atoms with Crippen LogP contribution in [0.25, 0.3) is 0 Å². The van der Waals surface area contributed by atoms with Crippen LogP contribution in [0.1, 0.15) is 17.5 Å². The van der Waals surface area contributed by atoms with Gasteiger partial charge in [0.05, 0.1) is 4.90 Å². The molecule has 4 nitrogen and oxygen atoms in total. The summed E-state index contributed by atoms with van der Waals surface area (Å²) >= 11 is 0. The monoisotopic (exact) mass is 254 g/mol. The molecule has 0 bridgehead atoms. The van der Waals surface area contributed by atoms with Crippen LogP contribution in [0.15, 0.2) is 17.0 Å². The maximum atomic E-state index is 12.2. The van der Waals surface area contributed by atoms with Crippen LogP contribution in [0.5, 0.6) is 0 Å². The number of anilines is 1. The predicted octanol–water partition coefficient (Wildman–Crippen LogP) is 1.60. The van der Waals surface area contributed by atoms with E-state index in [2.05, 4.69) is 5.32 Å². The van der Waals surface area contributed by atoms with Crippen LogP contribution in [-0.2, 0) is 16.4 Å². The van der Waals surface area contributed by atoms with Gasteiger partial charge in [-0.05, 0) is 37.0 Å². The van der Waals surface area contributed by atoms with E-state index in [4.69, 9.17) is 0 Å². The Balaban J connectivity index is 2.65. The van der Waals surface area contributed by atoms with Gasteiger partial charge in [0.25, 0.3) is 0 Å². The number of hydrogen-bond donors (Lipinski definition) is 1. The molecule has 5 heteroatoms. The Morgan fingerprint density at radius 3 is 2.65 bits per heavy atom. The summed E-state index contributed by atoms with van der Waals surface area (Å²) in [6.45, 7) is 2.92. The third-order valence-corrected chi connectivity index (χ3v) is 5.04. The Kier molecular flexibility index (Phi) is 3.14. The first-order valence-electron chi connectivity index (χ1n) is 5.73. The Bertz CT molecular complexity index is 536. The summed E-state index contributed by atoms with van der Waals surface area (Å²) in [6.07, 6.45) is 1.80. The predicted molar refractivity (Wildman–Crippen MR) is 68.9 cm³/mol. The molecule has 0 spiro atoms. The van der Waals surface area contributed by atoms with Crippen molar-refractivity contribution in [2.24, 2.45) is 0 Å². The number of hydrogen-bond acceptors (Lipinski definition) is 3. The molecule has 1 heterocycles. The van der Waals surface area contributed by atoms with Gasteiger partial charge in [-0.25, -0.2) is 12.7 Å². The third kappa shape index (κ3) is 2.05. The zero-order valence-corrected chi connectivity index (χ0v) is 11.3. The first-order valence-corrected chi connectivity index (χ1v) is 7.17. The van der Waals surface area contributed by atoms with E-state index in [-0.39, 0.29) is 0 Å². The average Bonchev–Trinajstić information content (AvgIpc) is 2.29. The number of sulfonamides is 1. The minimum atomic E-state index is -3.34. The molecule has 0 fully saturated rings. The van der Waals surface area contributed by atoms with Crippen molar-refractivity contribution in [2.75, 3.05) is 26.0 Å². The van der Waals surface area contributed by atoms with Crippen molar-refractivity contribution in [1.29, 1.82) is 0 Å². The quantitative estimate of drug-likeness (QED) is 0.872. The van der Waals surface area contributed by atoms with Gasteiger partial charge in [-0.1, -0.05) is 6.07 Å². The standard InChI is InChI=1S/C12H18N2O2S/c1-9-6-7-11(17(15,16)14(2)3)10-5-4-8-13-12(9)10/h6-7,13H,4-5,8H2,1-3H3. The minimum Gasteiger partial charge on any atom is -0.385 e. The number of nitrogens with zero attached hydrogens (tertiary/aromatic N) is 1. The summed E-state index contributed by atoms with van der Waals surface area (Å²) in [5, 5.41) is 3.30. The Labute approximate surface area is 103 Å². The van der Waals surface area contributed by atoms with Crippen LogP contribution in [0.4, 0.5) is 5.69 Å². The highest BCUT2D eigenvalue weighted by atomic mass is 32.2. The van der Waals surface area contributed by atoms with E-state index in [1.807, 2.05) is 13.0 Å². The van der Waals surface area contributed by atoms with Gasteiger partial charge in [-0.3, -0.25) is 0 Å². The third-order valence-electron chi connectivity index (χ3n) is 3.14. The largest absolute Gasteiger partial charge is 0.385 e. The van der Waals surface area contributed by atoms with Gasteiger partial charge < -0.3 is 5.32 Å². The first-order chi connectivity index (χ1) is 7.94. The molecule has 2 rings (SSSR count). The van der Waals surface area contributed by atoms with E-state index in [9.17, 15) is 8.42 Å². The highest BCUT2D eigenvalue weighted by molar-refractivity contribution is 7.89. The van der Waals surface area contributed by atoms with E-state index in [0.29, 0.717) is 4.90 Å². The molecule has 0 amide bonds. The molecule has 1 N–H and O–H groups in total. The molecule has 0 aliphatic carbocycles. The summed E-state index contributed by atoms with van der Waals surface area (Å²) in [7, 11) is -0.207. The van der Waals surface area contributed by atoms with Gasteiger partial charge in [0.1, 0.15) is 0 Å². The van der Waals surface area contributed by atoms with Gasteiger partial charge in [0, 0.05) is 26.3 Å². The SMILES string of the molecule is Cc1ccc(S(=O)(=O)N(C)C)c2c1NCCC2. The Morgan fingerprint density at radius 1 is 1.29 bits per heavy atom. The molecule has 1 aromatic rings. The fourth-order valence-electron chi connectivity index (χ4n) is 2.16. The molecule has 17 heavy (non-hydrogen) atoms. The van der Waals surface area contributed by atoms with Crippen LogP contribution in [-0.4, -0.2) is 33.4 Å². The molecule has 0 saturated carbocycles. The summed E-state index contributed by atoms with van der Waals surface area (Å²) in [6, 6.07) is 3.59. The average molecular weight is 254 g/mol. The summed E-state index contributed by atoms with van der Waals surface area (Å²) in [4.78, 5) is 0.440. The molecule has 1 aliphatic rings. The lowest BCUT2D eigenvalue weighted by Gasteiger charge is -2.24. The molecule has 0 atom stereocenters. The van der Waals surface area contributed by atoms with Crippen LogP contribution in [0.2, 0.25) is 0 Å². The van der Waals surface area contributed by atoms with Crippen LogP contribution in [0, 0.1) is 6.92 Å². The molecule has 1 aromatic carbocycles. The topological polar surface area (TPSA) is 49.4 Å². The van der Waals surface area contributed by atoms with Crippen molar-refractivity contribution in [1.82, 2.24) is 4.31 Å². The number of aryl methyl sites for hydroxylation is 1. The van der Waals surface area contributed by atoms with E-state index in [1.165, 1.54) is 4.31 Å². The van der Waals surface area contributed by atoms with Crippen molar-refractivity contribution < 1.29 is 8.42 Å². The maximum absolute atomic E-state index is 12.2. The first kappa shape index (κ1) is 12.4. The van der Waals surface area contributed by atoms with Crippen molar-refractivity contribution in [2.45, 2.75) is 24.7 Å². The van der Waals surface area contributed by atoms with Crippen LogP contribution >= 0.6 is 0 Å². The van der Waals surface area contributed by atoms with Gasteiger partial charge in [0.15, 0.2) is 0 Å². The molecular formula is C12H18N2O2S. The van der Waals surface area contributed by atoms with Crippen molar-refractivity contribution in [3.05, 3.63) is 23.3 Å². The second-order valence-corrected chi connectivity index (χ2v) is 6.67. The van der Waals surface area contributed by atoms with Crippen molar-refractivity contribution in [3.63, 3.8) is 0 Å². The zero-order chi connectivity index (χ0) is 12.6. The summed E-state index contributed by atoms with van der Waals surface area (Å²) in [5.74, 6) is 0. The molecule has 0 unspecified atom stereocenters. The smallest absolute Gasteiger partial charge is 0.242 e. The molecule has 0 radical (unpaired) electrons. The second-order valence-electron chi connectivity index (χ2n) is 4.55. The highest BCUT2D eigenvalue weighted by Crippen LogP contribution is 2.32. The lowest BCUT2D eigenvalue weighted by molar-refractivity contribution is 0.519. The number of rotatable bonds is 2. The van der Waals surface area contributed by atoms with Crippen molar-refractivity contribution in [3.8, 4) is 0 Å². The van der Waals surface area contributed by atoms with Gasteiger partial charge in [-0.15, -0.1) is 0 Å². The summed E-state index contributed by atoms with van der Waals surface area (Å²) in [5.41, 5.74) is 3.04. The lowest BCUT2D eigenvalue weighted by atomic mass is 10.00. The molecule has 94 valence electrons. The molecule has 0 saturated heterocycles. The fourth-order valence-corrected chi connectivity index (χ4v) is 3.31. The fraction of sp³-hybridized carbons (Fsp3) is 0.500. The summed E-state index contributed by atoms with van der Waals surface area (Å²) < 4.78 is 25.7. The van der Waals surface area contributed by atoms with Crippen molar-refractivity contribution >= 4 is 15.7 Å². The van der Waals surface area contributed by atoms with E-state index in [1.54, 1.807) is 20.2 Å². The normalized spacial score (nSPS) is 15.5. The highest BCUT2D eigenvalue weighted by Gasteiger charge is 2.25. The van der Waals surface area contributed by atoms with Gasteiger partial charge >= 0.3 is 0 Å². The Morgan fingerprint density at radius 2 is 2.00 bits per heavy atom. The number of nitrogens with one attached hydrogen (secondary N) is 1. The molecule has 1 aliphatic heterocycles. The van der Waals surface area contributed by atoms with Crippen LogP contribution in [0.3, 0.4) is 0 Å². The van der Waals surface area contributed by atoms with E-state index < -0.39 is 10.0 Å². The van der Waals surface area contributed by atoms with E-state index >= 15 is 0 Å². The molecule has 0 aromatic heterocycles. The zero-order valence-electron chi connectivity index (χ0n) is 10.4. The Hall–Kier alpha value is -1.07. The lowest BCUT2D eigenvalue weighted by Crippen LogP contribution is -2.25. The molecular weight excluding hydrogens is 236 g/mol. The van der Waals surface area contributed by atoms with E-state index in [0.717, 1.165) is 36.2 Å². The second kappa shape index (κ2) is 4.31. The maximum Gasteiger partial charge on any atom is 0.242 e. The van der Waals surface area contributed by atoms with Gasteiger partial charge in [-0.2, -0.15) is 0 Å².